The molecule has 14 heavy (non-hydrogen) atoms. The molecular formula is C11H12OTe2. The number of ether oxygens (including phenoxy) is 1. The van der Waals surface area contributed by atoms with Crippen LogP contribution in [0.5, 0.6) is 0 Å². The first-order valence-electron chi connectivity index (χ1n) is 4.45. The normalized spacial score (nSPS) is 13.7. The summed E-state index contributed by atoms with van der Waals surface area (Å²) in [6, 6.07) is 10.5. The van der Waals surface area contributed by atoms with E-state index in [0.29, 0.717) is 3.97 Å². The number of allylic oxidation sites excluding steroid dienone is 1. The van der Waals surface area contributed by atoms with Crippen LogP contribution in [0.2, 0.25) is 0 Å². The van der Waals surface area contributed by atoms with E-state index >= 15 is 0 Å². The summed E-state index contributed by atoms with van der Waals surface area (Å²) in [6.07, 6.45) is 1.87. The van der Waals surface area contributed by atoms with Crippen molar-refractivity contribution in [2.24, 2.45) is 0 Å². The van der Waals surface area contributed by atoms with Crippen molar-refractivity contribution in [3.63, 3.8) is 0 Å². The van der Waals surface area contributed by atoms with Gasteiger partial charge in [0, 0.05) is 0 Å². The molecule has 0 aliphatic heterocycles. The van der Waals surface area contributed by atoms with Gasteiger partial charge in [-0.3, -0.25) is 0 Å². The van der Waals surface area contributed by atoms with E-state index in [9.17, 15) is 0 Å². The van der Waals surface area contributed by atoms with Crippen LogP contribution in [0, 0.1) is 0 Å². The van der Waals surface area contributed by atoms with Crippen LogP contribution in [0.4, 0.5) is 0 Å². The first kappa shape index (κ1) is 12.4. The zero-order valence-corrected chi connectivity index (χ0v) is 12.6. The molecule has 0 saturated carbocycles. The van der Waals surface area contributed by atoms with Gasteiger partial charge in [-0.2, -0.15) is 0 Å². The summed E-state index contributed by atoms with van der Waals surface area (Å²) < 4.78 is 7.00. The van der Waals surface area contributed by atoms with Crippen molar-refractivity contribution in [2.75, 3.05) is 6.61 Å². The standard InChI is InChI=1S/C11H12OTe2/c1-2-12-8-10(13)11(14)9-6-4-3-5-7-9/h3-8,11H,2H2,1H3/b10-8-. The third kappa shape index (κ3) is 3.84. The summed E-state index contributed by atoms with van der Waals surface area (Å²) in [5.41, 5.74) is 1.34. The summed E-state index contributed by atoms with van der Waals surface area (Å²) in [5, 5.41) is 0. The minimum absolute atomic E-state index is 0.448. The van der Waals surface area contributed by atoms with E-state index in [1.54, 1.807) is 0 Å². The third-order valence-corrected chi connectivity index (χ3v) is 5.62. The van der Waals surface area contributed by atoms with Crippen molar-refractivity contribution in [1.82, 2.24) is 0 Å². The van der Waals surface area contributed by atoms with Crippen molar-refractivity contribution in [2.45, 2.75) is 10.9 Å². The Bertz CT molecular complexity index is 295. The molecule has 1 nitrogen and oxygen atoms in total. The summed E-state index contributed by atoms with van der Waals surface area (Å²) >= 11 is 4.15. The molecule has 74 valence electrons. The molecule has 1 rings (SSSR count). The van der Waals surface area contributed by atoms with Crippen molar-refractivity contribution in [1.29, 1.82) is 0 Å². The maximum atomic E-state index is 5.28. The van der Waals surface area contributed by atoms with Gasteiger partial charge >= 0.3 is 113 Å². The molecule has 0 fully saturated rings. The first-order valence-corrected chi connectivity index (χ1v) is 6.96. The maximum absolute atomic E-state index is 5.28. The van der Waals surface area contributed by atoms with Crippen molar-refractivity contribution >= 4 is 44.6 Å². The Morgan fingerprint density at radius 3 is 2.64 bits per heavy atom. The topological polar surface area (TPSA) is 9.23 Å². The molecule has 2 radical (unpaired) electrons. The second-order valence-electron chi connectivity index (χ2n) is 2.77. The summed E-state index contributed by atoms with van der Waals surface area (Å²) in [7, 11) is 0. The second kappa shape index (κ2) is 6.76. The van der Waals surface area contributed by atoms with Gasteiger partial charge in [0.2, 0.25) is 0 Å². The van der Waals surface area contributed by atoms with Gasteiger partial charge in [-0.25, -0.2) is 0 Å². The van der Waals surface area contributed by atoms with E-state index in [2.05, 4.69) is 46.6 Å². The van der Waals surface area contributed by atoms with Gasteiger partial charge in [0.15, 0.2) is 0 Å². The molecule has 0 heterocycles. The number of rotatable bonds is 4. The number of hydrogen-bond donors (Lipinski definition) is 0. The fourth-order valence-electron chi connectivity index (χ4n) is 1.02. The average molecular weight is 415 g/mol. The van der Waals surface area contributed by atoms with Crippen LogP contribution in [0.1, 0.15) is 16.5 Å². The molecule has 0 aliphatic rings. The molecule has 1 aromatic carbocycles. The van der Waals surface area contributed by atoms with Crippen molar-refractivity contribution in [3.8, 4) is 0 Å². The molecule has 0 N–H and O–H groups in total. The Morgan fingerprint density at radius 2 is 2.07 bits per heavy atom. The molecule has 0 saturated heterocycles. The van der Waals surface area contributed by atoms with E-state index in [-0.39, 0.29) is 0 Å². The summed E-state index contributed by atoms with van der Waals surface area (Å²) in [5.74, 6) is 0. The van der Waals surface area contributed by atoms with Gasteiger partial charge in [-0.1, -0.05) is 0 Å². The van der Waals surface area contributed by atoms with Crippen molar-refractivity contribution < 1.29 is 4.74 Å². The van der Waals surface area contributed by atoms with E-state index in [0.717, 1.165) is 6.61 Å². The van der Waals surface area contributed by atoms with Crippen LogP contribution in [-0.4, -0.2) is 51.2 Å². The van der Waals surface area contributed by atoms with Crippen LogP contribution in [0.3, 0.4) is 0 Å². The van der Waals surface area contributed by atoms with Gasteiger partial charge in [0.25, 0.3) is 0 Å². The molecule has 3 heteroatoms. The number of hydrogen-bond acceptors (Lipinski definition) is 1. The Balaban J connectivity index is 2.70. The summed E-state index contributed by atoms with van der Waals surface area (Å²) in [6.45, 7) is 2.74. The van der Waals surface area contributed by atoms with Crippen LogP contribution in [0.15, 0.2) is 40.2 Å². The predicted octanol–water partition coefficient (Wildman–Crippen LogP) is 1.94. The Hall–Kier alpha value is 0.339. The van der Waals surface area contributed by atoms with Crippen LogP contribution in [0.25, 0.3) is 0 Å². The Labute approximate surface area is 112 Å². The van der Waals surface area contributed by atoms with Crippen LogP contribution < -0.4 is 0 Å². The zero-order valence-electron chi connectivity index (χ0n) is 7.97. The van der Waals surface area contributed by atoms with Gasteiger partial charge in [0.05, 0.1) is 0 Å². The second-order valence-corrected chi connectivity index (χ2v) is 5.46. The van der Waals surface area contributed by atoms with Gasteiger partial charge in [0.1, 0.15) is 0 Å². The zero-order chi connectivity index (χ0) is 10.4. The quantitative estimate of drug-likeness (QED) is 0.540. The molecule has 0 aliphatic carbocycles. The molecule has 0 amide bonds. The van der Waals surface area contributed by atoms with Crippen LogP contribution >= 0.6 is 0 Å². The molecular weight excluding hydrogens is 403 g/mol. The summed E-state index contributed by atoms with van der Waals surface area (Å²) in [4.78, 5) is 0. The van der Waals surface area contributed by atoms with Crippen LogP contribution in [-0.2, 0) is 4.74 Å². The van der Waals surface area contributed by atoms with Gasteiger partial charge in [-0.15, -0.1) is 0 Å². The minimum atomic E-state index is 0.448. The fraction of sp³-hybridized carbons (Fsp3) is 0.273. The van der Waals surface area contributed by atoms with E-state index in [1.165, 1.54) is 9.18 Å². The van der Waals surface area contributed by atoms with E-state index in [1.807, 2.05) is 41.5 Å². The fourth-order valence-corrected chi connectivity index (χ4v) is 2.21. The monoisotopic (exact) mass is 420 g/mol. The molecule has 1 aromatic rings. The molecule has 1 atom stereocenters. The predicted molar refractivity (Wildman–Crippen MR) is 60.4 cm³/mol. The molecule has 0 bridgehead atoms. The van der Waals surface area contributed by atoms with Gasteiger partial charge in [-0.05, 0) is 0 Å². The molecule has 0 aromatic heterocycles. The number of benzene rings is 1. The molecule has 0 spiro atoms. The Kier molecular flexibility index (Phi) is 5.99. The van der Waals surface area contributed by atoms with E-state index < -0.39 is 0 Å². The third-order valence-electron chi connectivity index (χ3n) is 1.73. The SMILES string of the molecule is CCO/C=C(\[Te])C([Te])c1ccccc1. The van der Waals surface area contributed by atoms with E-state index in [4.69, 9.17) is 4.74 Å². The average Bonchev–Trinajstić information content (AvgIpc) is 2.26. The Morgan fingerprint density at radius 1 is 1.43 bits per heavy atom. The van der Waals surface area contributed by atoms with Crippen molar-refractivity contribution in [3.05, 3.63) is 45.8 Å². The molecule has 1 unspecified atom stereocenters. The van der Waals surface area contributed by atoms with Gasteiger partial charge < -0.3 is 0 Å². The first-order chi connectivity index (χ1) is 6.75.